The number of nitrogens with zero attached hydrogens (tertiary/aromatic N) is 3. The summed E-state index contributed by atoms with van der Waals surface area (Å²) in [6, 6.07) is 7.87. The topological polar surface area (TPSA) is 76.9 Å². The van der Waals surface area contributed by atoms with Crippen molar-refractivity contribution in [1.29, 1.82) is 5.26 Å². The first-order valence-electron chi connectivity index (χ1n) is 5.55. The Balaban J connectivity index is 0.00000180. The van der Waals surface area contributed by atoms with Crippen molar-refractivity contribution in [3.05, 3.63) is 36.2 Å². The van der Waals surface area contributed by atoms with Gasteiger partial charge in [-0.3, -0.25) is 4.68 Å². The minimum Gasteiger partial charge on any atom is -0.496 e. The fraction of sp³-hybridized carbons (Fsp3) is 0.231. The zero-order chi connectivity index (χ0) is 13.0. The van der Waals surface area contributed by atoms with Crippen LogP contribution >= 0.6 is 12.4 Å². The third-order valence-corrected chi connectivity index (χ3v) is 2.68. The predicted octanol–water partition coefficient (Wildman–Crippen LogP) is 1.96. The maximum absolute atomic E-state index is 8.62. The predicted molar refractivity (Wildman–Crippen MR) is 75.0 cm³/mol. The van der Waals surface area contributed by atoms with Gasteiger partial charge in [0.15, 0.2) is 0 Å². The molecule has 2 N–H and O–H groups in total. The van der Waals surface area contributed by atoms with Gasteiger partial charge in [0.2, 0.25) is 0 Å². The molecule has 0 saturated heterocycles. The minimum atomic E-state index is 0. The molecule has 0 radical (unpaired) electrons. The van der Waals surface area contributed by atoms with Crippen molar-refractivity contribution in [2.24, 2.45) is 5.73 Å². The van der Waals surface area contributed by atoms with Crippen molar-refractivity contribution in [2.75, 3.05) is 7.11 Å². The minimum absolute atomic E-state index is 0. The maximum atomic E-state index is 8.62. The summed E-state index contributed by atoms with van der Waals surface area (Å²) in [7, 11) is 1.62. The first kappa shape index (κ1) is 15.0. The number of ether oxygens (including phenoxy) is 1. The molecule has 0 spiro atoms. The third-order valence-electron chi connectivity index (χ3n) is 2.68. The van der Waals surface area contributed by atoms with Gasteiger partial charge in [0.25, 0.3) is 0 Å². The standard InChI is InChI=1S/C13H14N4O.ClH/c1-18-13-6-10(7-15)2-3-12(13)11-8-16-17(9-11)5-4-14;/h2-3,6,8-9H,5,7,15H2,1H3;1H. The fourth-order valence-corrected chi connectivity index (χ4v) is 1.76. The van der Waals surface area contributed by atoms with E-state index in [1.807, 2.05) is 30.5 Å². The lowest BCUT2D eigenvalue weighted by Gasteiger charge is -2.08. The highest BCUT2D eigenvalue weighted by Crippen LogP contribution is 2.30. The van der Waals surface area contributed by atoms with E-state index in [1.54, 1.807) is 18.0 Å². The van der Waals surface area contributed by atoms with Gasteiger partial charge in [0.05, 0.1) is 19.4 Å². The van der Waals surface area contributed by atoms with Crippen LogP contribution in [0.1, 0.15) is 5.56 Å². The van der Waals surface area contributed by atoms with E-state index in [-0.39, 0.29) is 19.0 Å². The van der Waals surface area contributed by atoms with Gasteiger partial charge in [0.1, 0.15) is 12.3 Å². The lowest BCUT2D eigenvalue weighted by atomic mass is 10.1. The van der Waals surface area contributed by atoms with E-state index < -0.39 is 0 Å². The van der Waals surface area contributed by atoms with Crippen LogP contribution in [0.15, 0.2) is 30.6 Å². The summed E-state index contributed by atoms with van der Waals surface area (Å²) in [6.07, 6.45) is 3.54. The zero-order valence-electron chi connectivity index (χ0n) is 10.5. The lowest BCUT2D eigenvalue weighted by Crippen LogP contribution is -1.97. The molecule has 2 aromatic rings. The van der Waals surface area contributed by atoms with Crippen LogP contribution in [0.2, 0.25) is 0 Å². The van der Waals surface area contributed by atoms with E-state index in [9.17, 15) is 0 Å². The molecular weight excluding hydrogens is 264 g/mol. The Bertz CT molecular complexity index is 589. The molecule has 0 aliphatic heterocycles. The van der Waals surface area contributed by atoms with E-state index in [4.69, 9.17) is 15.7 Å². The SMILES string of the molecule is COc1cc(CN)ccc1-c1cnn(CC#N)c1.Cl. The number of nitrogens with two attached hydrogens (primary N) is 1. The number of benzene rings is 1. The Labute approximate surface area is 118 Å². The largest absolute Gasteiger partial charge is 0.496 e. The highest BCUT2D eigenvalue weighted by atomic mass is 35.5. The molecular formula is C13H15ClN4O. The van der Waals surface area contributed by atoms with Gasteiger partial charge in [0, 0.05) is 23.9 Å². The van der Waals surface area contributed by atoms with Crippen LogP contribution in [-0.4, -0.2) is 16.9 Å². The highest BCUT2D eigenvalue weighted by Gasteiger charge is 2.08. The fourth-order valence-electron chi connectivity index (χ4n) is 1.76. The van der Waals surface area contributed by atoms with Gasteiger partial charge in [-0.15, -0.1) is 12.4 Å². The molecule has 1 aromatic heterocycles. The first-order chi connectivity index (χ1) is 8.78. The van der Waals surface area contributed by atoms with Crippen molar-refractivity contribution in [1.82, 2.24) is 9.78 Å². The van der Waals surface area contributed by atoms with Crippen LogP contribution in [-0.2, 0) is 13.1 Å². The second kappa shape index (κ2) is 6.78. The highest BCUT2D eigenvalue weighted by molar-refractivity contribution is 5.85. The molecule has 5 nitrogen and oxygen atoms in total. The van der Waals surface area contributed by atoms with Gasteiger partial charge in [-0.2, -0.15) is 10.4 Å². The van der Waals surface area contributed by atoms with Gasteiger partial charge in [-0.1, -0.05) is 12.1 Å². The third kappa shape index (κ3) is 3.25. The van der Waals surface area contributed by atoms with Crippen molar-refractivity contribution >= 4 is 12.4 Å². The summed E-state index contributed by atoms with van der Waals surface area (Å²) in [5, 5.41) is 12.7. The van der Waals surface area contributed by atoms with E-state index in [2.05, 4.69) is 5.10 Å². The smallest absolute Gasteiger partial charge is 0.128 e. The number of nitriles is 1. The van der Waals surface area contributed by atoms with Crippen LogP contribution in [0.25, 0.3) is 11.1 Å². The maximum Gasteiger partial charge on any atom is 0.128 e. The Morgan fingerprint density at radius 3 is 2.89 bits per heavy atom. The number of rotatable bonds is 4. The normalized spacial score (nSPS) is 9.53. The number of hydrogen-bond donors (Lipinski definition) is 1. The molecule has 0 saturated carbocycles. The van der Waals surface area contributed by atoms with E-state index >= 15 is 0 Å². The molecule has 0 bridgehead atoms. The summed E-state index contributed by atoms with van der Waals surface area (Å²) >= 11 is 0. The molecule has 0 fully saturated rings. The molecule has 0 aliphatic carbocycles. The van der Waals surface area contributed by atoms with Crippen LogP contribution in [0.5, 0.6) is 5.75 Å². The molecule has 1 heterocycles. The summed E-state index contributed by atoms with van der Waals surface area (Å²) in [4.78, 5) is 0. The Hall–Kier alpha value is -2.03. The molecule has 0 atom stereocenters. The van der Waals surface area contributed by atoms with E-state index in [0.717, 1.165) is 22.4 Å². The molecule has 6 heteroatoms. The molecule has 2 rings (SSSR count). The summed E-state index contributed by atoms with van der Waals surface area (Å²) in [5.74, 6) is 0.759. The van der Waals surface area contributed by atoms with Crippen LogP contribution in [0, 0.1) is 11.3 Å². The van der Waals surface area contributed by atoms with Crippen LogP contribution < -0.4 is 10.5 Å². The van der Waals surface area contributed by atoms with E-state index in [0.29, 0.717) is 6.54 Å². The number of halogens is 1. The van der Waals surface area contributed by atoms with Gasteiger partial charge < -0.3 is 10.5 Å². The number of aromatic nitrogens is 2. The Morgan fingerprint density at radius 1 is 1.47 bits per heavy atom. The summed E-state index contributed by atoms with van der Waals surface area (Å²) in [5.41, 5.74) is 8.48. The molecule has 0 amide bonds. The molecule has 19 heavy (non-hydrogen) atoms. The number of hydrogen-bond acceptors (Lipinski definition) is 4. The molecule has 100 valence electrons. The monoisotopic (exact) mass is 278 g/mol. The average molecular weight is 279 g/mol. The van der Waals surface area contributed by atoms with Crippen molar-refractivity contribution < 1.29 is 4.74 Å². The van der Waals surface area contributed by atoms with Gasteiger partial charge in [-0.05, 0) is 11.6 Å². The van der Waals surface area contributed by atoms with Crippen molar-refractivity contribution in [3.63, 3.8) is 0 Å². The van der Waals surface area contributed by atoms with E-state index in [1.165, 1.54) is 0 Å². The Morgan fingerprint density at radius 2 is 2.26 bits per heavy atom. The lowest BCUT2D eigenvalue weighted by molar-refractivity contribution is 0.416. The quantitative estimate of drug-likeness (QED) is 0.927. The molecule has 1 aromatic carbocycles. The van der Waals surface area contributed by atoms with Crippen LogP contribution in [0.4, 0.5) is 0 Å². The second-order valence-corrected chi connectivity index (χ2v) is 3.82. The molecule has 0 unspecified atom stereocenters. The van der Waals surface area contributed by atoms with Crippen LogP contribution in [0.3, 0.4) is 0 Å². The zero-order valence-corrected chi connectivity index (χ0v) is 11.4. The first-order valence-corrected chi connectivity index (χ1v) is 5.55. The van der Waals surface area contributed by atoms with Crippen molar-refractivity contribution in [2.45, 2.75) is 13.1 Å². The molecule has 0 aliphatic rings. The van der Waals surface area contributed by atoms with Crippen molar-refractivity contribution in [3.8, 4) is 22.9 Å². The summed E-state index contributed by atoms with van der Waals surface area (Å²) < 4.78 is 6.94. The second-order valence-electron chi connectivity index (χ2n) is 3.82. The van der Waals surface area contributed by atoms with Gasteiger partial charge in [-0.25, -0.2) is 0 Å². The van der Waals surface area contributed by atoms with Gasteiger partial charge >= 0.3 is 0 Å². The average Bonchev–Trinajstić information content (AvgIpc) is 2.87. The Kier molecular flexibility index (Phi) is 5.37. The number of methoxy groups -OCH3 is 1. The summed E-state index contributed by atoms with van der Waals surface area (Å²) in [6.45, 7) is 0.716.